The lowest BCUT2D eigenvalue weighted by Crippen LogP contribution is -2.12. The van der Waals surface area contributed by atoms with E-state index in [1.54, 1.807) is 25.4 Å². The standard InChI is InChI=1S/C25H24BrN11O3S/c1-37-19-6-7-29-22-13(14(19)11-31-37)10-18(24(34-22)40-2)33-25-30-12-15(26)23(35-25)32-17-5-4-16-20(28-9-8-27-16)21(17)36-41(3,38)39/h4-5,8-12,36H,6-7H2,1-3H3,(H,29,34)(H2,30,32,33,35). The molecule has 0 amide bonds. The maximum atomic E-state index is 12.2. The van der Waals surface area contributed by atoms with Crippen molar-refractivity contribution in [3.8, 4) is 17.0 Å². The molecule has 0 unspecified atom stereocenters. The molecule has 0 fully saturated rings. The monoisotopic (exact) mass is 637 g/mol. The maximum Gasteiger partial charge on any atom is 0.239 e. The first-order valence-electron chi connectivity index (χ1n) is 12.3. The van der Waals surface area contributed by atoms with Gasteiger partial charge in [0.2, 0.25) is 21.9 Å². The molecule has 0 atom stereocenters. The number of benzene rings is 1. The van der Waals surface area contributed by atoms with Crippen molar-refractivity contribution in [3.05, 3.63) is 53.2 Å². The van der Waals surface area contributed by atoms with E-state index < -0.39 is 10.0 Å². The van der Waals surface area contributed by atoms with E-state index in [0.717, 1.165) is 29.5 Å². The molecule has 0 aliphatic carbocycles. The minimum Gasteiger partial charge on any atom is -0.479 e. The number of anilines is 6. The fraction of sp³-hybridized carbons (Fsp3) is 0.200. The lowest BCUT2D eigenvalue weighted by Gasteiger charge is -2.16. The van der Waals surface area contributed by atoms with Crippen LogP contribution >= 0.6 is 15.9 Å². The van der Waals surface area contributed by atoms with E-state index in [1.807, 2.05) is 24.0 Å². The van der Waals surface area contributed by atoms with Crippen molar-refractivity contribution in [3.63, 3.8) is 0 Å². The Bertz CT molecular complexity index is 1910. The number of nitrogens with zero attached hydrogens (tertiary/aromatic N) is 7. The minimum atomic E-state index is -3.63. The van der Waals surface area contributed by atoms with Gasteiger partial charge >= 0.3 is 0 Å². The van der Waals surface area contributed by atoms with Crippen LogP contribution in [0.3, 0.4) is 0 Å². The molecule has 5 heterocycles. The Morgan fingerprint density at radius 3 is 2.68 bits per heavy atom. The molecule has 1 aliphatic heterocycles. The Kier molecular flexibility index (Phi) is 6.78. The number of hydrogen-bond acceptors (Lipinski definition) is 12. The number of fused-ring (bicyclic) bond motifs is 4. The van der Waals surface area contributed by atoms with Gasteiger partial charge in [0, 0.05) is 55.4 Å². The van der Waals surface area contributed by atoms with Gasteiger partial charge in [-0.15, -0.1) is 0 Å². The second kappa shape index (κ2) is 10.4. The number of pyridine rings is 1. The highest BCUT2D eigenvalue weighted by molar-refractivity contribution is 9.10. The van der Waals surface area contributed by atoms with Gasteiger partial charge in [0.1, 0.15) is 22.8 Å². The SMILES string of the molecule is COc1nc2c(cc1Nc1ncc(Br)c(Nc3ccc4nccnc4c3NS(C)(=O)=O)n1)-c1cnn(C)c1CCN2. The number of nitrogens with one attached hydrogen (secondary N) is 4. The fourth-order valence-electron chi connectivity index (χ4n) is 4.56. The highest BCUT2D eigenvalue weighted by Crippen LogP contribution is 2.39. The van der Waals surface area contributed by atoms with Crippen LogP contribution in [0, 0.1) is 0 Å². The average molecular weight is 639 g/mol. The van der Waals surface area contributed by atoms with Gasteiger partial charge in [0.05, 0.1) is 40.9 Å². The summed E-state index contributed by atoms with van der Waals surface area (Å²) >= 11 is 3.48. The van der Waals surface area contributed by atoms with Crippen molar-refractivity contribution in [2.24, 2.45) is 7.05 Å². The van der Waals surface area contributed by atoms with E-state index >= 15 is 0 Å². The summed E-state index contributed by atoms with van der Waals surface area (Å²) in [5, 5.41) is 14.2. The van der Waals surface area contributed by atoms with E-state index in [4.69, 9.17) is 4.74 Å². The van der Waals surface area contributed by atoms with E-state index in [2.05, 4.69) is 66.6 Å². The normalized spacial score (nSPS) is 12.6. The number of methoxy groups -OCH3 is 1. The summed E-state index contributed by atoms with van der Waals surface area (Å²) in [5.41, 5.74) is 5.09. The first-order chi connectivity index (χ1) is 19.7. The summed E-state index contributed by atoms with van der Waals surface area (Å²) in [6.45, 7) is 0.712. The van der Waals surface area contributed by atoms with Gasteiger partial charge in [-0.05, 0) is 34.1 Å². The molecule has 4 N–H and O–H groups in total. The van der Waals surface area contributed by atoms with Crippen LogP contribution < -0.4 is 25.4 Å². The molecule has 6 rings (SSSR count). The Hall–Kier alpha value is -4.57. The van der Waals surface area contributed by atoms with Crippen molar-refractivity contribution in [2.75, 3.05) is 40.6 Å². The number of aryl methyl sites for hydroxylation is 1. The topological polar surface area (TPSA) is 174 Å². The number of rotatable bonds is 7. The molecule has 1 aromatic carbocycles. The second-order valence-electron chi connectivity index (χ2n) is 9.17. The zero-order chi connectivity index (χ0) is 28.7. The summed E-state index contributed by atoms with van der Waals surface area (Å²) in [7, 11) is -0.165. The minimum absolute atomic E-state index is 0.245. The molecule has 0 radical (unpaired) electrons. The molecule has 41 heavy (non-hydrogen) atoms. The number of sulfonamides is 1. The third-order valence-corrected chi connectivity index (χ3v) is 7.51. The van der Waals surface area contributed by atoms with Crippen molar-refractivity contribution >= 4 is 71.6 Å². The third kappa shape index (κ3) is 5.30. The number of aromatic nitrogens is 7. The maximum absolute atomic E-state index is 12.2. The average Bonchev–Trinajstić information content (AvgIpc) is 3.20. The van der Waals surface area contributed by atoms with Gasteiger partial charge in [0.25, 0.3) is 0 Å². The summed E-state index contributed by atoms with van der Waals surface area (Å²) in [6, 6.07) is 5.36. The molecule has 5 aromatic rings. The molecule has 14 nitrogen and oxygen atoms in total. The molecule has 210 valence electrons. The van der Waals surface area contributed by atoms with Gasteiger partial charge in [0.15, 0.2) is 0 Å². The van der Waals surface area contributed by atoms with Crippen LogP contribution in [0.5, 0.6) is 5.88 Å². The van der Waals surface area contributed by atoms with Crippen LogP contribution in [0.15, 0.2) is 47.5 Å². The smallest absolute Gasteiger partial charge is 0.239 e. The van der Waals surface area contributed by atoms with E-state index in [0.29, 0.717) is 50.9 Å². The summed E-state index contributed by atoms with van der Waals surface area (Å²) in [5.74, 6) is 1.68. The molecule has 1 aliphatic rings. The summed E-state index contributed by atoms with van der Waals surface area (Å²) < 4.78 is 34.9. The summed E-state index contributed by atoms with van der Waals surface area (Å²) in [6.07, 6.45) is 8.30. The molecule has 4 aromatic heterocycles. The largest absolute Gasteiger partial charge is 0.479 e. The first-order valence-corrected chi connectivity index (χ1v) is 15.0. The number of halogens is 1. The van der Waals surface area contributed by atoms with Gasteiger partial charge in [-0.2, -0.15) is 15.1 Å². The molecule has 0 saturated heterocycles. The Labute approximate surface area is 243 Å². The predicted octanol–water partition coefficient (Wildman–Crippen LogP) is 3.81. The number of hydrogen-bond donors (Lipinski definition) is 4. The molecule has 0 spiro atoms. The zero-order valence-corrected chi connectivity index (χ0v) is 24.5. The van der Waals surface area contributed by atoms with Gasteiger partial charge in [-0.3, -0.25) is 19.4 Å². The van der Waals surface area contributed by atoms with Gasteiger partial charge in [-0.25, -0.2) is 13.4 Å². The van der Waals surface area contributed by atoms with E-state index in [1.165, 1.54) is 12.4 Å². The van der Waals surface area contributed by atoms with Gasteiger partial charge < -0.3 is 20.7 Å². The first kappa shape index (κ1) is 26.6. The van der Waals surface area contributed by atoms with Crippen LogP contribution in [0.1, 0.15) is 5.69 Å². The highest BCUT2D eigenvalue weighted by Gasteiger charge is 2.22. The second-order valence-corrected chi connectivity index (χ2v) is 11.8. The highest BCUT2D eigenvalue weighted by atomic mass is 79.9. The quantitative estimate of drug-likeness (QED) is 0.203. The molecule has 16 heteroatoms. The number of ether oxygens (including phenoxy) is 1. The Morgan fingerprint density at radius 2 is 1.88 bits per heavy atom. The zero-order valence-electron chi connectivity index (χ0n) is 22.1. The lowest BCUT2D eigenvalue weighted by atomic mass is 10.1. The summed E-state index contributed by atoms with van der Waals surface area (Å²) in [4.78, 5) is 22.3. The Morgan fingerprint density at radius 1 is 1.05 bits per heavy atom. The van der Waals surface area contributed by atoms with E-state index in [-0.39, 0.29) is 11.6 Å². The fourth-order valence-corrected chi connectivity index (χ4v) is 5.43. The lowest BCUT2D eigenvalue weighted by molar-refractivity contribution is 0.400. The molecule has 0 bridgehead atoms. The van der Waals surface area contributed by atoms with Crippen LogP contribution in [0.4, 0.5) is 34.6 Å². The van der Waals surface area contributed by atoms with E-state index in [9.17, 15) is 8.42 Å². The Balaban J connectivity index is 1.37. The third-order valence-electron chi connectivity index (χ3n) is 6.36. The van der Waals surface area contributed by atoms with Crippen LogP contribution in [-0.2, 0) is 23.5 Å². The van der Waals surface area contributed by atoms with Crippen LogP contribution in [-0.4, -0.2) is 63.0 Å². The van der Waals surface area contributed by atoms with Crippen molar-refractivity contribution in [2.45, 2.75) is 6.42 Å². The van der Waals surface area contributed by atoms with Crippen LogP contribution in [0.2, 0.25) is 0 Å². The van der Waals surface area contributed by atoms with Crippen LogP contribution in [0.25, 0.3) is 22.2 Å². The molecular weight excluding hydrogens is 614 g/mol. The predicted molar refractivity (Wildman–Crippen MR) is 159 cm³/mol. The molecule has 0 saturated carbocycles. The van der Waals surface area contributed by atoms with Crippen molar-refractivity contribution in [1.29, 1.82) is 0 Å². The molecular formula is C25H24BrN11O3S. The van der Waals surface area contributed by atoms with Crippen molar-refractivity contribution < 1.29 is 13.2 Å². The van der Waals surface area contributed by atoms with Crippen molar-refractivity contribution in [1.82, 2.24) is 34.7 Å². The van der Waals surface area contributed by atoms with Gasteiger partial charge in [-0.1, -0.05) is 0 Å².